The van der Waals surface area contributed by atoms with Crippen LogP contribution in [0.2, 0.25) is 0 Å². The molecule has 0 aliphatic carbocycles. The van der Waals surface area contributed by atoms with Crippen molar-refractivity contribution >= 4 is 0 Å². The minimum atomic E-state index is 0.343. The Bertz CT molecular complexity index is 430. The molecule has 1 aromatic rings. The SMILES string of the molecule is CC(NCCN1CCCC1)c1ccc2c(c1)OCO2. The molecule has 4 nitrogen and oxygen atoms in total. The summed E-state index contributed by atoms with van der Waals surface area (Å²) < 4.78 is 10.7. The van der Waals surface area contributed by atoms with Crippen LogP contribution in [0.15, 0.2) is 18.2 Å². The minimum absolute atomic E-state index is 0.343. The van der Waals surface area contributed by atoms with E-state index in [0.29, 0.717) is 12.8 Å². The fourth-order valence-corrected chi connectivity index (χ4v) is 2.75. The van der Waals surface area contributed by atoms with Crippen molar-refractivity contribution in [1.82, 2.24) is 10.2 Å². The highest BCUT2D eigenvalue weighted by molar-refractivity contribution is 5.45. The van der Waals surface area contributed by atoms with Crippen molar-refractivity contribution in [2.24, 2.45) is 0 Å². The summed E-state index contributed by atoms with van der Waals surface area (Å²) in [4.78, 5) is 2.53. The standard InChI is InChI=1S/C15H22N2O2/c1-12(16-6-9-17-7-2-3-8-17)13-4-5-14-15(10-13)19-11-18-14/h4-5,10,12,16H,2-3,6-9,11H2,1H3. The number of hydrogen-bond donors (Lipinski definition) is 1. The number of nitrogens with zero attached hydrogens (tertiary/aromatic N) is 1. The van der Waals surface area contributed by atoms with Gasteiger partial charge in [-0.3, -0.25) is 0 Å². The molecule has 2 aliphatic heterocycles. The number of benzene rings is 1. The lowest BCUT2D eigenvalue weighted by Gasteiger charge is -2.18. The highest BCUT2D eigenvalue weighted by Crippen LogP contribution is 2.34. The van der Waals surface area contributed by atoms with Gasteiger partial charge in [0.1, 0.15) is 0 Å². The van der Waals surface area contributed by atoms with Gasteiger partial charge in [0, 0.05) is 19.1 Å². The fraction of sp³-hybridized carbons (Fsp3) is 0.600. The molecule has 1 N–H and O–H groups in total. The number of ether oxygens (including phenoxy) is 2. The summed E-state index contributed by atoms with van der Waals surface area (Å²) in [5.41, 5.74) is 1.26. The van der Waals surface area contributed by atoms with Gasteiger partial charge in [-0.2, -0.15) is 0 Å². The van der Waals surface area contributed by atoms with Gasteiger partial charge < -0.3 is 19.7 Å². The maximum Gasteiger partial charge on any atom is 0.231 e. The van der Waals surface area contributed by atoms with E-state index in [1.807, 2.05) is 6.07 Å². The molecule has 1 unspecified atom stereocenters. The van der Waals surface area contributed by atoms with Gasteiger partial charge in [0.05, 0.1) is 0 Å². The third-order valence-corrected chi connectivity index (χ3v) is 3.97. The summed E-state index contributed by atoms with van der Waals surface area (Å²) in [5.74, 6) is 1.72. The molecular formula is C15H22N2O2. The Morgan fingerprint density at radius 2 is 2.00 bits per heavy atom. The van der Waals surface area contributed by atoms with Crippen LogP contribution in [0.3, 0.4) is 0 Å². The Morgan fingerprint density at radius 1 is 1.21 bits per heavy atom. The molecule has 2 aliphatic rings. The molecule has 1 atom stereocenters. The fourth-order valence-electron chi connectivity index (χ4n) is 2.75. The zero-order chi connectivity index (χ0) is 13.1. The van der Waals surface area contributed by atoms with E-state index in [1.165, 1.54) is 31.5 Å². The van der Waals surface area contributed by atoms with Gasteiger partial charge in [-0.05, 0) is 50.6 Å². The maximum atomic E-state index is 5.42. The van der Waals surface area contributed by atoms with E-state index in [4.69, 9.17) is 9.47 Å². The molecule has 0 radical (unpaired) electrons. The average Bonchev–Trinajstić information content (AvgIpc) is 3.08. The van der Waals surface area contributed by atoms with Gasteiger partial charge in [0.15, 0.2) is 11.5 Å². The molecule has 104 valence electrons. The predicted octanol–water partition coefficient (Wildman–Crippen LogP) is 2.16. The van der Waals surface area contributed by atoms with Crippen molar-refractivity contribution in [1.29, 1.82) is 0 Å². The molecule has 0 bridgehead atoms. The zero-order valence-electron chi connectivity index (χ0n) is 11.5. The van der Waals surface area contributed by atoms with Crippen LogP contribution in [0.5, 0.6) is 11.5 Å². The Hall–Kier alpha value is -1.26. The van der Waals surface area contributed by atoms with E-state index in [0.717, 1.165) is 24.6 Å². The van der Waals surface area contributed by atoms with Gasteiger partial charge in [-0.1, -0.05) is 6.07 Å². The molecule has 0 aromatic heterocycles. The summed E-state index contributed by atoms with van der Waals surface area (Å²) in [5, 5.41) is 3.58. The van der Waals surface area contributed by atoms with Crippen molar-refractivity contribution < 1.29 is 9.47 Å². The van der Waals surface area contributed by atoms with Crippen LogP contribution in [0.25, 0.3) is 0 Å². The Kier molecular flexibility index (Phi) is 3.89. The molecule has 3 rings (SSSR count). The summed E-state index contributed by atoms with van der Waals surface area (Å²) in [7, 11) is 0. The van der Waals surface area contributed by atoms with E-state index >= 15 is 0 Å². The van der Waals surface area contributed by atoms with Crippen LogP contribution in [-0.2, 0) is 0 Å². The van der Waals surface area contributed by atoms with Crippen LogP contribution in [0.1, 0.15) is 31.4 Å². The minimum Gasteiger partial charge on any atom is -0.454 e. The maximum absolute atomic E-state index is 5.42. The van der Waals surface area contributed by atoms with Crippen molar-refractivity contribution in [3.63, 3.8) is 0 Å². The molecular weight excluding hydrogens is 240 g/mol. The normalized spacial score (nSPS) is 19.8. The number of fused-ring (bicyclic) bond motifs is 1. The topological polar surface area (TPSA) is 33.7 Å². The second-order valence-corrected chi connectivity index (χ2v) is 5.34. The molecule has 0 spiro atoms. The highest BCUT2D eigenvalue weighted by Gasteiger charge is 2.16. The lowest BCUT2D eigenvalue weighted by atomic mass is 10.1. The summed E-state index contributed by atoms with van der Waals surface area (Å²) in [6.45, 7) is 7.25. The Morgan fingerprint density at radius 3 is 2.84 bits per heavy atom. The van der Waals surface area contributed by atoms with Gasteiger partial charge in [-0.15, -0.1) is 0 Å². The smallest absolute Gasteiger partial charge is 0.231 e. The van der Waals surface area contributed by atoms with Crippen LogP contribution < -0.4 is 14.8 Å². The monoisotopic (exact) mass is 262 g/mol. The first-order valence-corrected chi connectivity index (χ1v) is 7.18. The van der Waals surface area contributed by atoms with E-state index in [1.54, 1.807) is 0 Å². The van der Waals surface area contributed by atoms with E-state index in [9.17, 15) is 0 Å². The molecule has 1 saturated heterocycles. The highest BCUT2D eigenvalue weighted by atomic mass is 16.7. The van der Waals surface area contributed by atoms with E-state index < -0.39 is 0 Å². The zero-order valence-corrected chi connectivity index (χ0v) is 11.5. The van der Waals surface area contributed by atoms with E-state index in [-0.39, 0.29) is 0 Å². The third kappa shape index (κ3) is 3.01. The van der Waals surface area contributed by atoms with Gasteiger partial charge in [-0.25, -0.2) is 0 Å². The summed E-state index contributed by atoms with van der Waals surface area (Å²) in [6.07, 6.45) is 2.72. The van der Waals surface area contributed by atoms with Gasteiger partial charge in [0.25, 0.3) is 0 Å². The van der Waals surface area contributed by atoms with E-state index in [2.05, 4.69) is 29.3 Å². The van der Waals surface area contributed by atoms with Crippen molar-refractivity contribution in [3.8, 4) is 11.5 Å². The Balaban J connectivity index is 1.50. The first-order valence-electron chi connectivity index (χ1n) is 7.18. The van der Waals surface area contributed by atoms with Gasteiger partial charge in [0.2, 0.25) is 6.79 Å². The largest absolute Gasteiger partial charge is 0.454 e. The molecule has 4 heteroatoms. The molecule has 1 fully saturated rings. The molecule has 0 amide bonds. The Labute approximate surface area is 114 Å². The van der Waals surface area contributed by atoms with Gasteiger partial charge >= 0.3 is 0 Å². The first-order chi connectivity index (χ1) is 9.33. The summed E-state index contributed by atoms with van der Waals surface area (Å²) >= 11 is 0. The quantitative estimate of drug-likeness (QED) is 0.881. The molecule has 2 heterocycles. The third-order valence-electron chi connectivity index (χ3n) is 3.97. The van der Waals surface area contributed by atoms with Crippen LogP contribution in [0.4, 0.5) is 0 Å². The molecule has 19 heavy (non-hydrogen) atoms. The number of nitrogens with one attached hydrogen (secondary N) is 1. The number of rotatable bonds is 5. The molecule has 0 saturated carbocycles. The van der Waals surface area contributed by atoms with Crippen molar-refractivity contribution in [2.75, 3.05) is 33.0 Å². The average molecular weight is 262 g/mol. The predicted molar refractivity (Wildman–Crippen MR) is 74.7 cm³/mol. The first kappa shape index (κ1) is 12.8. The lowest BCUT2D eigenvalue weighted by Crippen LogP contribution is -2.31. The van der Waals surface area contributed by atoms with Crippen molar-refractivity contribution in [3.05, 3.63) is 23.8 Å². The molecule has 1 aromatic carbocycles. The summed E-state index contributed by atoms with van der Waals surface area (Å²) in [6, 6.07) is 6.53. The number of likely N-dealkylation sites (tertiary alicyclic amines) is 1. The van der Waals surface area contributed by atoms with Crippen molar-refractivity contribution in [2.45, 2.75) is 25.8 Å². The van der Waals surface area contributed by atoms with Crippen LogP contribution >= 0.6 is 0 Å². The number of hydrogen-bond acceptors (Lipinski definition) is 4. The van der Waals surface area contributed by atoms with Crippen LogP contribution in [0, 0.1) is 0 Å². The van der Waals surface area contributed by atoms with Crippen LogP contribution in [-0.4, -0.2) is 37.9 Å². The lowest BCUT2D eigenvalue weighted by molar-refractivity contribution is 0.174. The second kappa shape index (κ2) is 5.80. The second-order valence-electron chi connectivity index (χ2n) is 5.34.